The molecule has 0 saturated heterocycles. The molecule has 0 fully saturated rings. The minimum absolute atomic E-state index is 0. The number of esters is 1. The molecule has 0 aromatic heterocycles. The molecule has 0 aliphatic rings. The quantitative estimate of drug-likeness (QED) is 0.213. The molecule has 8 nitrogen and oxygen atoms in total. The van der Waals surface area contributed by atoms with Gasteiger partial charge in [0, 0.05) is 37.9 Å². The van der Waals surface area contributed by atoms with Gasteiger partial charge in [0.05, 0.1) is 32.2 Å². The molecule has 1 rings (SSSR count). The first-order valence-corrected chi connectivity index (χ1v) is 21.7. The number of halogens is 3. The Labute approximate surface area is 230 Å². The van der Waals surface area contributed by atoms with E-state index in [1.165, 1.54) is 21.0 Å². The zero-order chi connectivity index (χ0) is 24.2. The van der Waals surface area contributed by atoms with E-state index in [1.54, 1.807) is 0 Å². The summed E-state index contributed by atoms with van der Waals surface area (Å²) in [5, 5.41) is 20.4. The molecule has 0 aliphatic heterocycles. The first-order chi connectivity index (χ1) is 14.7. The van der Waals surface area contributed by atoms with Crippen LogP contribution in [0.25, 0.3) is 0 Å². The summed E-state index contributed by atoms with van der Waals surface area (Å²) in [4.78, 5) is 43.8. The van der Waals surface area contributed by atoms with Gasteiger partial charge in [-0.25, -0.2) is 0 Å². The number of rotatable bonds is 10. The van der Waals surface area contributed by atoms with Crippen LogP contribution < -0.4 is 18.6 Å². The smallest absolute Gasteiger partial charge is 0 e. The number of hydrogen-bond acceptors (Lipinski definition) is 7. The van der Waals surface area contributed by atoms with Crippen molar-refractivity contribution in [3.63, 3.8) is 0 Å². The van der Waals surface area contributed by atoms with Gasteiger partial charge in [-0.15, -0.1) is 0 Å². The first kappa shape index (κ1) is 36.8. The van der Waals surface area contributed by atoms with E-state index in [-0.39, 0.29) is 62.1 Å². The van der Waals surface area contributed by atoms with Crippen molar-refractivity contribution in [1.82, 2.24) is 5.32 Å². The van der Waals surface area contributed by atoms with Crippen molar-refractivity contribution in [2.45, 2.75) is 33.2 Å². The Hall–Kier alpha value is 0.194. The number of carbonyl (C=O) groups is 4. The molecule has 0 aliphatic carbocycles. The van der Waals surface area contributed by atoms with Crippen molar-refractivity contribution in [3.05, 3.63) is 35.9 Å². The molecule has 1 aromatic carbocycles. The Morgan fingerprint density at radius 2 is 1.41 bits per heavy atom. The van der Waals surface area contributed by atoms with Gasteiger partial charge in [-0.3, -0.25) is 9.59 Å². The number of benzene rings is 1. The number of nitrogens with one attached hydrogen (secondary N) is 1. The summed E-state index contributed by atoms with van der Waals surface area (Å²) in [5.74, 6) is -2.39. The molecule has 0 heterocycles. The van der Waals surface area contributed by atoms with Crippen LogP contribution >= 0.6 is 37.2 Å². The Morgan fingerprint density at radius 1 is 0.969 bits per heavy atom. The summed E-state index contributed by atoms with van der Waals surface area (Å²) >= 11 is 5.30. The summed E-state index contributed by atoms with van der Waals surface area (Å²) in [6, 6.07) is 9.48. The molecule has 32 heavy (non-hydrogen) atoms. The molecule has 12 heteroatoms. The largest absolute Gasteiger partial charge is 0 e. The fourth-order valence-electron chi connectivity index (χ4n) is 2.25. The molecule has 0 spiro atoms. The average Bonchev–Trinajstić information content (AvgIpc) is 2.75. The van der Waals surface area contributed by atoms with Crippen LogP contribution in [0, 0.1) is 11.8 Å². The van der Waals surface area contributed by atoms with Crippen LogP contribution in [0.1, 0.15) is 32.3 Å². The number of ether oxygens (including phenoxy) is 1. The van der Waals surface area contributed by atoms with E-state index in [1.807, 2.05) is 30.3 Å². The number of methoxy groups -OCH3 is 1. The Kier molecular flexibility index (Phi) is 27.9. The van der Waals surface area contributed by atoms with Crippen molar-refractivity contribution < 1.29 is 65.9 Å². The third-order valence-corrected chi connectivity index (χ3v) is 3.72. The zero-order valence-electron chi connectivity index (χ0n) is 18.1. The third-order valence-electron chi connectivity index (χ3n) is 3.72. The molecule has 183 valence electrons. The number of ketones is 2. The monoisotopic (exact) mass is 827 g/mol. The summed E-state index contributed by atoms with van der Waals surface area (Å²) in [7, 11) is 1.23. The molecule has 3 N–H and O–H groups in total. The van der Waals surface area contributed by atoms with Crippen LogP contribution in [0.5, 0.6) is 0 Å². The number of Topliss-reactive ketones (excluding diaryl/α,β-unsaturated/α-hetero) is 2. The summed E-state index contributed by atoms with van der Waals surface area (Å²) in [5.41, 5.74) is 0.986. The molecule has 1 aromatic rings. The van der Waals surface area contributed by atoms with E-state index >= 15 is 0 Å². The molecule has 0 bridgehead atoms. The second-order valence-electron chi connectivity index (χ2n) is 6.35. The molecule has 0 saturated carbocycles. The fraction of sp³-hybridized carbons (Fsp3) is 0.500. The fourth-order valence-corrected chi connectivity index (χ4v) is 2.25. The molecular formula is C20H29I3NO7V-. The van der Waals surface area contributed by atoms with E-state index in [0.29, 0.717) is 19.8 Å². The minimum atomic E-state index is -0.697. The summed E-state index contributed by atoms with van der Waals surface area (Å²) in [6.45, 7) is 2.54. The van der Waals surface area contributed by atoms with E-state index in [0.717, 1.165) is 5.56 Å². The van der Waals surface area contributed by atoms with Gasteiger partial charge in [0.15, 0.2) is 0 Å². The summed E-state index contributed by atoms with van der Waals surface area (Å²) in [6.07, 6.45) is 0.125. The van der Waals surface area contributed by atoms with Crippen LogP contribution in [0.15, 0.2) is 30.3 Å². The van der Waals surface area contributed by atoms with Gasteiger partial charge in [-0.2, -0.15) is 0 Å². The van der Waals surface area contributed by atoms with Crippen molar-refractivity contribution in [3.8, 4) is 0 Å². The SMILES string of the molecule is CC(=O)CC(CO)C(=O)NCc1ccccc1.COC(=O)C(CO)CC(C)=O.I[I-]I.[V]. The maximum absolute atomic E-state index is 11.7. The van der Waals surface area contributed by atoms with Gasteiger partial charge in [0.25, 0.3) is 0 Å². The number of amides is 1. The standard InChI is InChI=1S/C13H17NO3.C7H12O4.I3.V/c1-10(16)7-12(9-15)13(17)14-8-11-5-3-2-4-6-11;1-5(9)3-6(4-8)7(10)11-2;1-3-2;/h2-6,12,15H,7-9H2,1H3,(H,14,17);6,8H,3-4H2,1-2H3;;/q;;-1;. The Morgan fingerprint density at radius 3 is 1.78 bits per heavy atom. The number of aliphatic hydroxyl groups is 2. The average molecular weight is 827 g/mol. The third kappa shape index (κ3) is 20.8. The van der Waals surface area contributed by atoms with Crippen LogP contribution in [-0.2, 0) is 49.0 Å². The molecule has 1 amide bonds. The van der Waals surface area contributed by atoms with E-state index < -0.39 is 17.8 Å². The number of aliphatic hydroxyl groups excluding tert-OH is 2. The topological polar surface area (TPSA) is 130 Å². The summed E-state index contributed by atoms with van der Waals surface area (Å²) < 4.78 is 4.35. The second kappa shape index (κ2) is 24.3. The zero-order valence-corrected chi connectivity index (χ0v) is 26.0. The predicted molar refractivity (Wildman–Crippen MR) is 130 cm³/mol. The number of carbonyl (C=O) groups excluding carboxylic acids is 4. The van der Waals surface area contributed by atoms with Gasteiger partial charge in [-0.1, -0.05) is 30.3 Å². The van der Waals surface area contributed by atoms with Gasteiger partial charge < -0.3 is 29.9 Å². The second-order valence-corrected chi connectivity index (χ2v) is 22.6. The Balaban J connectivity index is -0.000000487. The van der Waals surface area contributed by atoms with Crippen LogP contribution in [-0.4, -0.2) is 54.0 Å². The van der Waals surface area contributed by atoms with Gasteiger partial charge in [0.1, 0.15) is 11.6 Å². The van der Waals surface area contributed by atoms with E-state index in [9.17, 15) is 19.2 Å². The van der Waals surface area contributed by atoms with Gasteiger partial charge >= 0.3 is 56.5 Å². The van der Waals surface area contributed by atoms with E-state index in [2.05, 4.69) is 47.3 Å². The van der Waals surface area contributed by atoms with Crippen molar-refractivity contribution in [1.29, 1.82) is 0 Å². The van der Waals surface area contributed by atoms with Gasteiger partial charge in [-0.05, 0) is 19.4 Å². The molecule has 2 atom stereocenters. The maximum Gasteiger partial charge on any atom is 0 e. The van der Waals surface area contributed by atoms with Gasteiger partial charge in [0.2, 0.25) is 5.91 Å². The van der Waals surface area contributed by atoms with Crippen molar-refractivity contribution >= 4 is 60.7 Å². The van der Waals surface area contributed by atoms with Crippen LogP contribution in [0.2, 0.25) is 0 Å². The minimum Gasteiger partial charge on any atom is 0 e. The van der Waals surface area contributed by atoms with Crippen LogP contribution in [0.4, 0.5) is 0 Å². The molecule has 1 radical (unpaired) electrons. The van der Waals surface area contributed by atoms with Crippen molar-refractivity contribution in [2.75, 3.05) is 20.3 Å². The molecule has 2 unspecified atom stereocenters. The first-order valence-electron chi connectivity index (χ1n) is 9.13. The Bertz CT molecular complexity index is 666. The van der Waals surface area contributed by atoms with E-state index in [4.69, 9.17) is 10.2 Å². The van der Waals surface area contributed by atoms with Crippen LogP contribution in [0.3, 0.4) is 0 Å². The predicted octanol–water partition coefficient (Wildman–Crippen LogP) is -0.590. The molecular weight excluding hydrogens is 798 g/mol. The van der Waals surface area contributed by atoms with Crippen molar-refractivity contribution in [2.24, 2.45) is 11.8 Å². The number of hydrogen-bond donors (Lipinski definition) is 3. The maximum atomic E-state index is 11.7. The normalized spacial score (nSPS) is 11.2.